The second-order valence-corrected chi connectivity index (χ2v) is 6.01. The summed E-state index contributed by atoms with van der Waals surface area (Å²) >= 11 is 5.97. The smallest absolute Gasteiger partial charge is 0.271 e. The highest BCUT2D eigenvalue weighted by atomic mass is 35.5. The summed E-state index contributed by atoms with van der Waals surface area (Å²) in [6.07, 6.45) is 0.806. The highest BCUT2D eigenvalue weighted by Crippen LogP contribution is 2.32. The van der Waals surface area contributed by atoms with E-state index in [4.69, 9.17) is 16.3 Å². The first-order valence-electron chi connectivity index (χ1n) is 7.44. The Hall–Kier alpha value is -2.60. The molecule has 3 rings (SSSR count). The van der Waals surface area contributed by atoms with Gasteiger partial charge >= 0.3 is 0 Å². The third-order valence-corrected chi connectivity index (χ3v) is 4.25. The minimum atomic E-state index is -0.538. The van der Waals surface area contributed by atoms with E-state index < -0.39 is 4.92 Å². The first-order chi connectivity index (χ1) is 11.5. The second-order valence-electron chi connectivity index (χ2n) is 5.61. The molecule has 0 unspecified atom stereocenters. The van der Waals surface area contributed by atoms with E-state index in [1.54, 1.807) is 4.90 Å². The number of ether oxygens (including phenoxy) is 1. The first-order valence-corrected chi connectivity index (χ1v) is 7.82. The maximum atomic E-state index is 12.5. The molecular formula is C17H15ClN2O4. The Morgan fingerprint density at radius 2 is 2.12 bits per heavy atom. The van der Waals surface area contributed by atoms with Crippen molar-refractivity contribution in [2.75, 3.05) is 11.5 Å². The number of nitro groups is 1. The molecule has 0 aliphatic carbocycles. The summed E-state index contributed by atoms with van der Waals surface area (Å²) in [4.78, 5) is 24.4. The van der Waals surface area contributed by atoms with E-state index in [9.17, 15) is 14.9 Å². The number of fused-ring (bicyclic) bond motifs is 1. The molecule has 1 aliphatic heterocycles. The SMILES string of the molecule is C[C@H]1Cc2ccccc2N1C(=O)COc1ccc([N+](=O)[O-])cc1Cl. The van der Waals surface area contributed by atoms with Crippen molar-refractivity contribution in [3.8, 4) is 5.75 Å². The van der Waals surface area contributed by atoms with Gasteiger partial charge in [-0.3, -0.25) is 14.9 Å². The normalized spacial score (nSPS) is 15.9. The number of rotatable bonds is 4. The van der Waals surface area contributed by atoms with Gasteiger partial charge in [0.15, 0.2) is 6.61 Å². The van der Waals surface area contributed by atoms with Crippen molar-refractivity contribution < 1.29 is 14.5 Å². The number of carbonyl (C=O) groups excluding carboxylic acids is 1. The fourth-order valence-electron chi connectivity index (χ4n) is 2.87. The number of hydrogen-bond donors (Lipinski definition) is 0. The fraction of sp³-hybridized carbons (Fsp3) is 0.235. The number of nitro benzene ring substituents is 1. The standard InChI is InChI=1S/C17H15ClN2O4/c1-11-8-12-4-2-3-5-15(12)19(11)17(21)10-24-16-7-6-13(20(22)23)9-14(16)18/h2-7,9,11H,8,10H2,1H3/t11-/m0/s1. The van der Waals surface area contributed by atoms with Gasteiger partial charge in [0, 0.05) is 23.9 Å². The Labute approximate surface area is 143 Å². The Bertz CT molecular complexity index is 809. The molecule has 0 N–H and O–H groups in total. The third-order valence-electron chi connectivity index (χ3n) is 3.95. The Kier molecular flexibility index (Phi) is 4.40. The maximum Gasteiger partial charge on any atom is 0.271 e. The summed E-state index contributed by atoms with van der Waals surface area (Å²) in [6, 6.07) is 11.7. The van der Waals surface area contributed by atoms with Gasteiger partial charge in [-0.2, -0.15) is 0 Å². The summed E-state index contributed by atoms with van der Waals surface area (Å²) in [5.74, 6) is 0.0672. The molecule has 0 saturated heterocycles. The molecule has 124 valence electrons. The monoisotopic (exact) mass is 346 g/mol. The molecular weight excluding hydrogens is 332 g/mol. The Balaban J connectivity index is 1.71. The predicted molar refractivity (Wildman–Crippen MR) is 90.7 cm³/mol. The topological polar surface area (TPSA) is 72.7 Å². The number of amides is 1. The van der Waals surface area contributed by atoms with E-state index in [0.29, 0.717) is 0 Å². The fourth-order valence-corrected chi connectivity index (χ4v) is 3.10. The van der Waals surface area contributed by atoms with Crippen LogP contribution in [-0.4, -0.2) is 23.5 Å². The van der Waals surface area contributed by atoms with E-state index in [1.165, 1.54) is 18.2 Å². The number of anilines is 1. The van der Waals surface area contributed by atoms with Crippen molar-refractivity contribution in [1.82, 2.24) is 0 Å². The van der Waals surface area contributed by atoms with Gasteiger partial charge in [-0.15, -0.1) is 0 Å². The molecule has 0 radical (unpaired) electrons. The van der Waals surface area contributed by atoms with Crippen molar-refractivity contribution in [3.05, 3.63) is 63.2 Å². The van der Waals surface area contributed by atoms with E-state index in [0.717, 1.165) is 17.7 Å². The first kappa shape index (κ1) is 16.3. The predicted octanol–water partition coefficient (Wildman–Crippen LogP) is 3.60. The number of nitrogens with zero attached hydrogens (tertiary/aromatic N) is 2. The zero-order chi connectivity index (χ0) is 17.3. The average molecular weight is 347 g/mol. The lowest BCUT2D eigenvalue weighted by Gasteiger charge is -2.22. The summed E-state index contributed by atoms with van der Waals surface area (Å²) in [6.45, 7) is 1.80. The minimum Gasteiger partial charge on any atom is -0.482 e. The number of benzene rings is 2. The molecule has 0 spiro atoms. The van der Waals surface area contributed by atoms with E-state index in [2.05, 4.69) is 0 Å². The zero-order valence-electron chi connectivity index (χ0n) is 12.9. The molecule has 24 heavy (non-hydrogen) atoms. The summed E-state index contributed by atoms with van der Waals surface area (Å²) in [5.41, 5.74) is 1.90. The van der Waals surface area contributed by atoms with Gasteiger partial charge in [0.05, 0.1) is 9.95 Å². The van der Waals surface area contributed by atoms with E-state index >= 15 is 0 Å². The van der Waals surface area contributed by atoms with Crippen LogP contribution in [0.5, 0.6) is 5.75 Å². The molecule has 6 nitrogen and oxygen atoms in total. The number of non-ortho nitro benzene ring substituents is 1. The van der Waals surface area contributed by atoms with Crippen LogP contribution < -0.4 is 9.64 Å². The molecule has 1 aliphatic rings. The van der Waals surface area contributed by atoms with Gasteiger partial charge in [0.25, 0.3) is 11.6 Å². The molecule has 1 heterocycles. The summed E-state index contributed by atoms with van der Waals surface area (Å²) in [5, 5.41) is 10.8. The summed E-state index contributed by atoms with van der Waals surface area (Å²) in [7, 11) is 0. The van der Waals surface area contributed by atoms with Crippen LogP contribution in [0.4, 0.5) is 11.4 Å². The zero-order valence-corrected chi connectivity index (χ0v) is 13.7. The maximum absolute atomic E-state index is 12.5. The molecule has 2 aromatic carbocycles. The Morgan fingerprint density at radius 3 is 2.83 bits per heavy atom. The van der Waals surface area contributed by atoms with Crippen LogP contribution >= 0.6 is 11.6 Å². The van der Waals surface area contributed by atoms with Gasteiger partial charge in [-0.1, -0.05) is 29.8 Å². The van der Waals surface area contributed by atoms with E-state index in [1.807, 2.05) is 31.2 Å². The van der Waals surface area contributed by atoms with Gasteiger partial charge < -0.3 is 9.64 Å². The Morgan fingerprint density at radius 1 is 1.38 bits per heavy atom. The van der Waals surface area contributed by atoms with Crippen LogP contribution in [0.2, 0.25) is 5.02 Å². The number of hydrogen-bond acceptors (Lipinski definition) is 4. The third kappa shape index (κ3) is 3.05. The molecule has 1 atom stereocenters. The molecule has 2 aromatic rings. The minimum absolute atomic E-state index is 0.0610. The average Bonchev–Trinajstić information content (AvgIpc) is 2.89. The van der Waals surface area contributed by atoms with Crippen LogP contribution in [0.25, 0.3) is 0 Å². The van der Waals surface area contributed by atoms with Crippen LogP contribution in [0.15, 0.2) is 42.5 Å². The van der Waals surface area contributed by atoms with Crippen molar-refractivity contribution in [2.24, 2.45) is 0 Å². The van der Waals surface area contributed by atoms with Gasteiger partial charge in [-0.05, 0) is 31.0 Å². The van der Waals surface area contributed by atoms with E-state index in [-0.39, 0.29) is 35.0 Å². The van der Waals surface area contributed by atoms with Crippen LogP contribution in [-0.2, 0) is 11.2 Å². The molecule has 0 saturated carbocycles. The highest BCUT2D eigenvalue weighted by Gasteiger charge is 2.30. The highest BCUT2D eigenvalue weighted by molar-refractivity contribution is 6.32. The summed E-state index contributed by atoms with van der Waals surface area (Å²) < 4.78 is 5.46. The molecule has 0 fully saturated rings. The van der Waals surface area contributed by atoms with Crippen molar-refractivity contribution >= 4 is 28.9 Å². The number of carbonyl (C=O) groups is 1. The quantitative estimate of drug-likeness (QED) is 0.626. The van der Waals surface area contributed by atoms with Crippen molar-refractivity contribution in [2.45, 2.75) is 19.4 Å². The molecule has 1 amide bonds. The van der Waals surface area contributed by atoms with Crippen LogP contribution in [0.3, 0.4) is 0 Å². The largest absolute Gasteiger partial charge is 0.482 e. The molecule has 0 aromatic heterocycles. The van der Waals surface area contributed by atoms with Crippen LogP contribution in [0.1, 0.15) is 12.5 Å². The number of para-hydroxylation sites is 1. The van der Waals surface area contributed by atoms with Crippen molar-refractivity contribution in [1.29, 1.82) is 0 Å². The van der Waals surface area contributed by atoms with Crippen LogP contribution in [0, 0.1) is 10.1 Å². The van der Waals surface area contributed by atoms with Gasteiger partial charge in [0.1, 0.15) is 5.75 Å². The van der Waals surface area contributed by atoms with Crippen molar-refractivity contribution in [3.63, 3.8) is 0 Å². The lowest BCUT2D eigenvalue weighted by atomic mass is 10.1. The lowest BCUT2D eigenvalue weighted by molar-refractivity contribution is -0.384. The van der Waals surface area contributed by atoms with Gasteiger partial charge in [-0.25, -0.2) is 0 Å². The lowest BCUT2D eigenvalue weighted by Crippen LogP contribution is -2.39. The number of halogens is 1. The second kappa shape index (κ2) is 6.49. The molecule has 7 heteroatoms. The van der Waals surface area contributed by atoms with Gasteiger partial charge in [0.2, 0.25) is 0 Å². The molecule has 0 bridgehead atoms.